The Morgan fingerprint density at radius 1 is 0.938 bits per heavy atom. The minimum Gasteiger partial charge on any atom is -0.0652 e. The van der Waals surface area contributed by atoms with Crippen molar-refractivity contribution in [3.63, 3.8) is 0 Å². The largest absolute Gasteiger partial charge is 0.0652 e. The molecule has 0 amide bonds. The standard InChI is InChI=1S/C16H18/c1-10-14(11-5-3-2-4-6-11)16-13-8-7-12(9-13)15(10)16/h2-6,12-13,15-16H,7-9H2,1H3. The van der Waals surface area contributed by atoms with Crippen LogP contribution in [0.4, 0.5) is 0 Å². The topological polar surface area (TPSA) is 0 Å². The van der Waals surface area contributed by atoms with Crippen LogP contribution in [0.25, 0.3) is 5.57 Å². The molecule has 0 saturated heterocycles. The third-order valence-electron chi connectivity index (χ3n) is 5.26. The average molecular weight is 210 g/mol. The summed E-state index contributed by atoms with van der Waals surface area (Å²) < 4.78 is 0. The maximum atomic E-state index is 2.38. The molecule has 0 spiro atoms. The number of benzene rings is 1. The van der Waals surface area contributed by atoms with E-state index in [4.69, 9.17) is 0 Å². The Kier molecular flexibility index (Phi) is 1.69. The number of hydrogen-bond acceptors (Lipinski definition) is 0. The predicted octanol–water partition coefficient (Wildman–Crippen LogP) is 4.14. The van der Waals surface area contributed by atoms with Crippen LogP contribution < -0.4 is 0 Å². The first-order chi connectivity index (χ1) is 7.86. The summed E-state index contributed by atoms with van der Waals surface area (Å²) in [4.78, 5) is 0. The number of fused-ring (bicyclic) bond motifs is 5. The van der Waals surface area contributed by atoms with Crippen molar-refractivity contribution >= 4 is 5.57 Å². The highest BCUT2D eigenvalue weighted by Gasteiger charge is 2.55. The maximum absolute atomic E-state index is 2.38. The SMILES string of the molecule is CC1=C(c2ccccc2)C2C3CCC(C3)C12. The molecule has 4 unspecified atom stereocenters. The summed E-state index contributed by atoms with van der Waals surface area (Å²) in [6.45, 7) is 2.38. The molecule has 3 aliphatic rings. The van der Waals surface area contributed by atoms with E-state index in [1.165, 1.54) is 24.8 Å². The summed E-state index contributed by atoms with van der Waals surface area (Å²) in [5, 5.41) is 0. The van der Waals surface area contributed by atoms with Gasteiger partial charge in [-0.05, 0) is 61.0 Å². The van der Waals surface area contributed by atoms with Crippen molar-refractivity contribution in [2.75, 3.05) is 0 Å². The molecule has 82 valence electrons. The molecule has 3 aliphatic carbocycles. The van der Waals surface area contributed by atoms with Gasteiger partial charge >= 0.3 is 0 Å². The maximum Gasteiger partial charge on any atom is -0.00596 e. The quantitative estimate of drug-likeness (QED) is 0.653. The van der Waals surface area contributed by atoms with Crippen LogP contribution in [0.15, 0.2) is 35.9 Å². The highest BCUT2D eigenvalue weighted by molar-refractivity contribution is 5.78. The predicted molar refractivity (Wildman–Crippen MR) is 66.8 cm³/mol. The van der Waals surface area contributed by atoms with E-state index >= 15 is 0 Å². The molecule has 0 aliphatic heterocycles. The lowest BCUT2D eigenvalue weighted by Gasteiger charge is -2.44. The second kappa shape index (κ2) is 3.00. The molecule has 2 fully saturated rings. The van der Waals surface area contributed by atoms with Crippen LogP contribution in [0.3, 0.4) is 0 Å². The first-order valence-electron chi connectivity index (χ1n) is 6.62. The van der Waals surface area contributed by atoms with Crippen molar-refractivity contribution in [1.29, 1.82) is 0 Å². The lowest BCUT2D eigenvalue weighted by molar-refractivity contribution is 0.280. The Hall–Kier alpha value is -1.04. The van der Waals surface area contributed by atoms with E-state index in [1.54, 1.807) is 11.1 Å². The highest BCUT2D eigenvalue weighted by Crippen LogP contribution is 2.65. The van der Waals surface area contributed by atoms with E-state index in [0.29, 0.717) is 0 Å². The summed E-state index contributed by atoms with van der Waals surface area (Å²) in [6, 6.07) is 11.1. The fraction of sp³-hybridized carbons (Fsp3) is 0.500. The monoisotopic (exact) mass is 210 g/mol. The van der Waals surface area contributed by atoms with Gasteiger partial charge in [0.1, 0.15) is 0 Å². The molecule has 2 bridgehead atoms. The lowest BCUT2D eigenvalue weighted by Crippen LogP contribution is -2.33. The summed E-state index contributed by atoms with van der Waals surface area (Å²) >= 11 is 0. The Morgan fingerprint density at radius 3 is 2.38 bits per heavy atom. The third kappa shape index (κ3) is 0.959. The summed E-state index contributed by atoms with van der Waals surface area (Å²) in [5.74, 6) is 3.96. The van der Waals surface area contributed by atoms with Gasteiger partial charge < -0.3 is 0 Å². The molecule has 16 heavy (non-hydrogen) atoms. The summed E-state index contributed by atoms with van der Waals surface area (Å²) in [6.07, 6.45) is 4.52. The summed E-state index contributed by atoms with van der Waals surface area (Å²) in [5.41, 5.74) is 4.91. The van der Waals surface area contributed by atoms with Crippen molar-refractivity contribution in [3.05, 3.63) is 41.5 Å². The van der Waals surface area contributed by atoms with Gasteiger partial charge in [0.15, 0.2) is 0 Å². The van der Waals surface area contributed by atoms with Crippen molar-refractivity contribution < 1.29 is 0 Å². The van der Waals surface area contributed by atoms with Crippen LogP contribution in [0.2, 0.25) is 0 Å². The molecule has 0 radical (unpaired) electrons. The van der Waals surface area contributed by atoms with E-state index in [9.17, 15) is 0 Å². The van der Waals surface area contributed by atoms with Crippen molar-refractivity contribution in [1.82, 2.24) is 0 Å². The molecule has 0 nitrogen and oxygen atoms in total. The molecule has 1 aromatic carbocycles. The van der Waals surface area contributed by atoms with Gasteiger partial charge in [0.05, 0.1) is 0 Å². The van der Waals surface area contributed by atoms with Crippen LogP contribution in [0.1, 0.15) is 31.7 Å². The smallest absolute Gasteiger partial charge is 0.00596 e. The Balaban J connectivity index is 1.78. The fourth-order valence-corrected chi connectivity index (χ4v) is 4.71. The molecule has 1 aromatic rings. The molecule has 4 rings (SSSR count). The third-order valence-corrected chi connectivity index (χ3v) is 5.26. The van der Waals surface area contributed by atoms with Gasteiger partial charge in [0.2, 0.25) is 0 Å². The van der Waals surface area contributed by atoms with Gasteiger partial charge in [-0.1, -0.05) is 35.9 Å². The first kappa shape index (κ1) is 9.04. The highest BCUT2D eigenvalue weighted by atomic mass is 14.6. The zero-order valence-corrected chi connectivity index (χ0v) is 9.82. The summed E-state index contributed by atoms with van der Waals surface area (Å²) in [7, 11) is 0. The van der Waals surface area contributed by atoms with Gasteiger partial charge in [-0.3, -0.25) is 0 Å². The second-order valence-corrected chi connectivity index (χ2v) is 5.85. The van der Waals surface area contributed by atoms with Gasteiger partial charge in [-0.25, -0.2) is 0 Å². The molecular weight excluding hydrogens is 192 g/mol. The molecule has 0 heterocycles. The Labute approximate surface area is 97.4 Å². The van der Waals surface area contributed by atoms with E-state index in [-0.39, 0.29) is 0 Å². The average Bonchev–Trinajstić information content (AvgIpc) is 2.87. The van der Waals surface area contributed by atoms with Crippen molar-refractivity contribution in [2.45, 2.75) is 26.2 Å². The lowest BCUT2D eigenvalue weighted by atomic mass is 9.60. The molecule has 4 atom stereocenters. The second-order valence-electron chi connectivity index (χ2n) is 5.85. The van der Waals surface area contributed by atoms with Crippen LogP contribution in [0.5, 0.6) is 0 Å². The van der Waals surface area contributed by atoms with Gasteiger partial charge in [-0.2, -0.15) is 0 Å². The van der Waals surface area contributed by atoms with Crippen LogP contribution in [0, 0.1) is 23.7 Å². The minimum absolute atomic E-state index is 0.932. The van der Waals surface area contributed by atoms with Crippen molar-refractivity contribution in [3.8, 4) is 0 Å². The Bertz CT molecular complexity index is 454. The molecule has 0 heteroatoms. The molecule has 0 aromatic heterocycles. The normalized spacial score (nSPS) is 39.8. The van der Waals surface area contributed by atoms with E-state index in [2.05, 4.69) is 37.3 Å². The first-order valence-corrected chi connectivity index (χ1v) is 6.62. The van der Waals surface area contributed by atoms with Gasteiger partial charge in [0.25, 0.3) is 0 Å². The number of allylic oxidation sites excluding steroid dienone is 2. The minimum atomic E-state index is 0.932. The van der Waals surface area contributed by atoms with Gasteiger partial charge in [0, 0.05) is 0 Å². The number of hydrogen-bond donors (Lipinski definition) is 0. The molecular formula is C16H18. The van der Waals surface area contributed by atoms with Crippen LogP contribution in [-0.4, -0.2) is 0 Å². The van der Waals surface area contributed by atoms with Crippen LogP contribution >= 0.6 is 0 Å². The van der Waals surface area contributed by atoms with E-state index in [0.717, 1.165) is 23.7 Å². The van der Waals surface area contributed by atoms with Gasteiger partial charge in [-0.15, -0.1) is 0 Å². The molecule has 0 N–H and O–H groups in total. The zero-order chi connectivity index (χ0) is 10.7. The molecule has 2 saturated carbocycles. The zero-order valence-electron chi connectivity index (χ0n) is 9.82. The van der Waals surface area contributed by atoms with Crippen molar-refractivity contribution in [2.24, 2.45) is 23.7 Å². The van der Waals surface area contributed by atoms with E-state index < -0.39 is 0 Å². The Morgan fingerprint density at radius 2 is 1.62 bits per heavy atom. The van der Waals surface area contributed by atoms with Crippen LogP contribution in [-0.2, 0) is 0 Å². The van der Waals surface area contributed by atoms with E-state index in [1.807, 2.05) is 0 Å². The fourth-order valence-electron chi connectivity index (χ4n) is 4.71. The number of rotatable bonds is 1.